The highest BCUT2D eigenvalue weighted by Crippen LogP contribution is 2.30. The molecule has 4 rings (SSSR count). The summed E-state index contributed by atoms with van der Waals surface area (Å²) in [4.78, 5) is 34.6. The number of fused-ring (bicyclic) bond motifs is 1. The Morgan fingerprint density at radius 3 is 2.34 bits per heavy atom. The van der Waals surface area contributed by atoms with Gasteiger partial charge in [0.2, 0.25) is 0 Å². The molecular formula is C23H27N5O4. The Kier molecular flexibility index (Phi) is 6.27. The van der Waals surface area contributed by atoms with E-state index in [1.807, 2.05) is 18.2 Å². The molecule has 2 heterocycles. The van der Waals surface area contributed by atoms with Crippen LogP contribution in [0.25, 0.3) is 10.9 Å². The summed E-state index contributed by atoms with van der Waals surface area (Å²) < 4.78 is 11.8. The standard InChI is InChI=1S/C23H27N5O4/c1-16-24-19-14-21(32-3)20(31-2)13-18(19)23(30)28(16)25-22(29)15-26-9-11-27(12-10-26)17-7-5-4-6-8-17/h4-8,13-14H,9-12,15H2,1-3H3,(H,25,29). The minimum atomic E-state index is -0.365. The minimum Gasteiger partial charge on any atom is -0.493 e. The Balaban J connectivity index is 1.45. The largest absolute Gasteiger partial charge is 0.493 e. The van der Waals surface area contributed by atoms with Gasteiger partial charge < -0.3 is 14.4 Å². The first-order valence-corrected chi connectivity index (χ1v) is 10.5. The van der Waals surface area contributed by atoms with Crippen molar-refractivity contribution in [3.8, 4) is 11.5 Å². The van der Waals surface area contributed by atoms with Crippen molar-refractivity contribution in [2.24, 2.45) is 0 Å². The molecule has 1 aliphatic heterocycles. The normalized spacial score (nSPS) is 14.4. The number of para-hydroxylation sites is 1. The van der Waals surface area contributed by atoms with Crippen molar-refractivity contribution in [3.05, 3.63) is 58.6 Å². The van der Waals surface area contributed by atoms with E-state index in [-0.39, 0.29) is 18.0 Å². The second kappa shape index (κ2) is 9.27. The molecule has 1 amide bonds. The van der Waals surface area contributed by atoms with Crippen molar-refractivity contribution < 1.29 is 14.3 Å². The molecule has 0 aliphatic carbocycles. The van der Waals surface area contributed by atoms with Gasteiger partial charge in [0.1, 0.15) is 5.82 Å². The number of carbonyl (C=O) groups is 1. The molecule has 0 atom stereocenters. The summed E-state index contributed by atoms with van der Waals surface area (Å²) in [6, 6.07) is 13.5. The number of amides is 1. The number of carbonyl (C=O) groups excluding carboxylic acids is 1. The molecule has 1 aliphatic rings. The van der Waals surface area contributed by atoms with Crippen LogP contribution in [0, 0.1) is 6.92 Å². The van der Waals surface area contributed by atoms with Gasteiger partial charge in [-0.2, -0.15) is 0 Å². The van der Waals surface area contributed by atoms with Crippen LogP contribution >= 0.6 is 0 Å². The summed E-state index contributed by atoms with van der Waals surface area (Å²) in [6.07, 6.45) is 0. The average molecular weight is 438 g/mol. The first kappa shape index (κ1) is 21.6. The van der Waals surface area contributed by atoms with Crippen molar-refractivity contribution in [3.63, 3.8) is 0 Å². The second-order valence-corrected chi connectivity index (χ2v) is 7.66. The van der Waals surface area contributed by atoms with Gasteiger partial charge in [-0.25, -0.2) is 9.66 Å². The smallest absolute Gasteiger partial charge is 0.280 e. The summed E-state index contributed by atoms with van der Waals surface area (Å²) >= 11 is 0. The number of anilines is 1. The molecule has 3 aromatic rings. The maximum absolute atomic E-state index is 13.0. The Hall–Kier alpha value is -3.59. The van der Waals surface area contributed by atoms with Gasteiger partial charge in [-0.05, 0) is 25.1 Å². The lowest BCUT2D eigenvalue weighted by Gasteiger charge is -2.35. The monoisotopic (exact) mass is 437 g/mol. The van der Waals surface area contributed by atoms with E-state index < -0.39 is 0 Å². The van der Waals surface area contributed by atoms with Crippen LogP contribution in [0.2, 0.25) is 0 Å². The van der Waals surface area contributed by atoms with E-state index in [9.17, 15) is 9.59 Å². The quantitative estimate of drug-likeness (QED) is 0.627. The number of benzene rings is 2. The lowest BCUT2D eigenvalue weighted by molar-refractivity contribution is -0.118. The maximum Gasteiger partial charge on any atom is 0.280 e. The molecule has 1 aromatic heterocycles. The zero-order chi connectivity index (χ0) is 22.7. The third-order valence-corrected chi connectivity index (χ3v) is 5.64. The highest BCUT2D eigenvalue weighted by Gasteiger charge is 2.20. The lowest BCUT2D eigenvalue weighted by atomic mass is 10.2. The van der Waals surface area contributed by atoms with Crippen LogP contribution in [0.4, 0.5) is 5.69 Å². The molecule has 1 fully saturated rings. The van der Waals surface area contributed by atoms with Crippen LogP contribution in [0.5, 0.6) is 11.5 Å². The van der Waals surface area contributed by atoms with Gasteiger partial charge in [0.25, 0.3) is 11.5 Å². The molecule has 9 heteroatoms. The van der Waals surface area contributed by atoms with Gasteiger partial charge in [-0.1, -0.05) is 18.2 Å². The Bertz CT molecular complexity index is 1170. The number of aromatic nitrogens is 2. The molecule has 0 radical (unpaired) electrons. The predicted molar refractivity (Wildman–Crippen MR) is 123 cm³/mol. The fraction of sp³-hybridized carbons (Fsp3) is 0.348. The van der Waals surface area contributed by atoms with Crippen molar-refractivity contribution >= 4 is 22.5 Å². The van der Waals surface area contributed by atoms with E-state index in [2.05, 4.69) is 32.3 Å². The van der Waals surface area contributed by atoms with E-state index in [0.29, 0.717) is 28.2 Å². The van der Waals surface area contributed by atoms with E-state index >= 15 is 0 Å². The van der Waals surface area contributed by atoms with Crippen molar-refractivity contribution in [2.75, 3.05) is 57.3 Å². The SMILES string of the molecule is COc1cc2nc(C)n(NC(=O)CN3CCN(c4ccccc4)CC3)c(=O)c2cc1OC. The average Bonchev–Trinajstić information content (AvgIpc) is 2.82. The molecule has 1 saturated heterocycles. The van der Waals surface area contributed by atoms with Crippen LogP contribution in [0.15, 0.2) is 47.3 Å². The third-order valence-electron chi connectivity index (χ3n) is 5.64. The Morgan fingerprint density at radius 1 is 1.03 bits per heavy atom. The molecule has 1 N–H and O–H groups in total. The lowest BCUT2D eigenvalue weighted by Crippen LogP contribution is -2.50. The van der Waals surface area contributed by atoms with Crippen LogP contribution in [0.3, 0.4) is 0 Å². The fourth-order valence-electron chi connectivity index (χ4n) is 3.92. The number of hydrogen-bond donors (Lipinski definition) is 1. The van der Waals surface area contributed by atoms with Crippen LogP contribution in [0.1, 0.15) is 5.82 Å². The van der Waals surface area contributed by atoms with E-state index in [4.69, 9.17) is 9.47 Å². The second-order valence-electron chi connectivity index (χ2n) is 7.66. The summed E-state index contributed by atoms with van der Waals surface area (Å²) in [5.41, 5.74) is 4.00. The van der Waals surface area contributed by atoms with Crippen molar-refractivity contribution in [1.82, 2.24) is 14.6 Å². The van der Waals surface area contributed by atoms with E-state index in [1.165, 1.54) is 24.6 Å². The molecule has 168 valence electrons. The highest BCUT2D eigenvalue weighted by atomic mass is 16.5. The summed E-state index contributed by atoms with van der Waals surface area (Å²) in [6.45, 7) is 5.10. The van der Waals surface area contributed by atoms with Gasteiger partial charge >= 0.3 is 0 Å². The number of methoxy groups -OCH3 is 2. The third kappa shape index (κ3) is 4.38. The van der Waals surface area contributed by atoms with Crippen LogP contribution in [-0.4, -0.2) is 67.4 Å². The summed E-state index contributed by atoms with van der Waals surface area (Å²) in [5, 5.41) is 0.338. The van der Waals surface area contributed by atoms with Gasteiger partial charge in [-0.3, -0.25) is 19.9 Å². The van der Waals surface area contributed by atoms with E-state index in [0.717, 1.165) is 26.2 Å². The molecule has 0 spiro atoms. The zero-order valence-electron chi connectivity index (χ0n) is 18.5. The van der Waals surface area contributed by atoms with Crippen molar-refractivity contribution in [1.29, 1.82) is 0 Å². The number of nitrogens with one attached hydrogen (secondary N) is 1. The maximum atomic E-state index is 13.0. The van der Waals surface area contributed by atoms with Crippen LogP contribution in [-0.2, 0) is 4.79 Å². The first-order chi connectivity index (χ1) is 15.5. The molecule has 32 heavy (non-hydrogen) atoms. The summed E-state index contributed by atoms with van der Waals surface area (Å²) in [7, 11) is 3.03. The predicted octanol–water partition coefficient (Wildman–Crippen LogP) is 1.61. The minimum absolute atomic E-state index is 0.207. The van der Waals surface area contributed by atoms with Crippen LogP contribution < -0.4 is 25.4 Å². The molecular weight excluding hydrogens is 410 g/mol. The summed E-state index contributed by atoms with van der Waals surface area (Å²) in [5.74, 6) is 1.04. The number of aryl methyl sites for hydroxylation is 1. The van der Waals surface area contributed by atoms with Gasteiger partial charge in [0.05, 0.1) is 31.7 Å². The number of piperazine rings is 1. The molecule has 9 nitrogen and oxygen atoms in total. The first-order valence-electron chi connectivity index (χ1n) is 10.5. The van der Waals surface area contributed by atoms with Gasteiger partial charge in [0.15, 0.2) is 11.5 Å². The topological polar surface area (TPSA) is 88.9 Å². The Morgan fingerprint density at radius 2 is 1.69 bits per heavy atom. The fourth-order valence-corrected chi connectivity index (χ4v) is 3.92. The number of nitrogens with zero attached hydrogens (tertiary/aromatic N) is 4. The molecule has 0 unspecified atom stereocenters. The highest BCUT2D eigenvalue weighted by molar-refractivity contribution is 5.87. The Labute approximate surface area is 186 Å². The zero-order valence-corrected chi connectivity index (χ0v) is 18.5. The number of ether oxygens (including phenoxy) is 2. The number of hydrogen-bond acceptors (Lipinski definition) is 7. The van der Waals surface area contributed by atoms with Crippen molar-refractivity contribution in [2.45, 2.75) is 6.92 Å². The number of rotatable bonds is 6. The van der Waals surface area contributed by atoms with Gasteiger partial charge in [0, 0.05) is 37.9 Å². The molecule has 2 aromatic carbocycles. The molecule has 0 saturated carbocycles. The van der Waals surface area contributed by atoms with Gasteiger partial charge in [-0.15, -0.1) is 0 Å². The van der Waals surface area contributed by atoms with E-state index in [1.54, 1.807) is 19.1 Å². The molecule has 0 bridgehead atoms.